The molecule has 1 heterocycles. The Bertz CT molecular complexity index is 786. The number of nitrogen functional groups attached to an aromatic ring is 1. The van der Waals surface area contributed by atoms with Crippen LogP contribution in [0.1, 0.15) is 5.56 Å². The number of aromatic nitrogens is 2. The molecule has 2 aromatic carbocycles. The average molecular weight is 268 g/mol. The number of benzene rings is 2. The first-order valence-corrected chi connectivity index (χ1v) is 6.17. The van der Waals surface area contributed by atoms with Gasteiger partial charge in [0.25, 0.3) is 0 Å². The molecule has 0 spiro atoms. The van der Waals surface area contributed by atoms with Crippen LogP contribution < -0.4 is 11.1 Å². The molecule has 3 rings (SSSR count). The predicted octanol–water partition coefficient (Wildman–Crippen LogP) is 3.40. The van der Waals surface area contributed by atoms with E-state index in [1.165, 1.54) is 12.4 Å². The summed E-state index contributed by atoms with van der Waals surface area (Å²) in [7, 11) is 0. The summed E-state index contributed by atoms with van der Waals surface area (Å²) in [6.45, 7) is 1.90. The highest BCUT2D eigenvalue weighted by molar-refractivity contribution is 5.92. The van der Waals surface area contributed by atoms with Gasteiger partial charge in [-0.25, -0.2) is 14.4 Å². The molecule has 3 N–H and O–H groups in total. The van der Waals surface area contributed by atoms with Crippen molar-refractivity contribution >= 4 is 28.1 Å². The number of fused-ring (bicyclic) bond motifs is 1. The topological polar surface area (TPSA) is 63.8 Å². The van der Waals surface area contributed by atoms with Crippen molar-refractivity contribution in [1.82, 2.24) is 9.97 Å². The fourth-order valence-corrected chi connectivity index (χ4v) is 2.04. The van der Waals surface area contributed by atoms with Gasteiger partial charge >= 0.3 is 0 Å². The first-order chi connectivity index (χ1) is 9.63. The predicted molar refractivity (Wildman–Crippen MR) is 78.4 cm³/mol. The monoisotopic (exact) mass is 268 g/mol. The molecule has 0 saturated heterocycles. The molecular formula is C15H13FN4. The lowest BCUT2D eigenvalue weighted by atomic mass is 10.2. The Morgan fingerprint density at radius 2 is 1.95 bits per heavy atom. The van der Waals surface area contributed by atoms with Gasteiger partial charge in [0.15, 0.2) is 0 Å². The summed E-state index contributed by atoms with van der Waals surface area (Å²) in [5, 5.41) is 3.76. The molecule has 0 aliphatic carbocycles. The Balaban J connectivity index is 2.10. The largest absolute Gasteiger partial charge is 0.399 e. The summed E-state index contributed by atoms with van der Waals surface area (Å²) in [6, 6.07) is 10.2. The van der Waals surface area contributed by atoms with Crippen LogP contribution >= 0.6 is 0 Å². The maximum absolute atomic E-state index is 13.8. The maximum atomic E-state index is 13.8. The number of rotatable bonds is 2. The number of hydrogen-bond acceptors (Lipinski definition) is 4. The number of nitrogens with zero attached hydrogens (tertiary/aromatic N) is 2. The second kappa shape index (κ2) is 4.77. The lowest BCUT2D eigenvalue weighted by Crippen LogP contribution is -1.99. The normalized spacial score (nSPS) is 10.7. The Morgan fingerprint density at radius 3 is 2.80 bits per heavy atom. The van der Waals surface area contributed by atoms with Crippen molar-refractivity contribution in [2.45, 2.75) is 6.92 Å². The van der Waals surface area contributed by atoms with Crippen molar-refractivity contribution in [2.24, 2.45) is 0 Å². The summed E-state index contributed by atoms with van der Waals surface area (Å²) in [6.07, 6.45) is 1.44. The fourth-order valence-electron chi connectivity index (χ4n) is 2.04. The Hall–Kier alpha value is -2.69. The van der Waals surface area contributed by atoms with E-state index in [1.54, 1.807) is 24.3 Å². The van der Waals surface area contributed by atoms with Crippen molar-refractivity contribution < 1.29 is 4.39 Å². The Morgan fingerprint density at radius 1 is 1.10 bits per heavy atom. The summed E-state index contributed by atoms with van der Waals surface area (Å²) in [4.78, 5) is 8.33. The van der Waals surface area contributed by atoms with E-state index < -0.39 is 0 Å². The number of hydrogen-bond donors (Lipinski definition) is 2. The number of aryl methyl sites for hydroxylation is 1. The second-order valence-corrected chi connectivity index (χ2v) is 4.61. The molecule has 0 fully saturated rings. The molecular weight excluding hydrogens is 255 g/mol. The summed E-state index contributed by atoms with van der Waals surface area (Å²) in [5.41, 5.74) is 8.49. The minimum absolute atomic E-state index is 0.328. The highest BCUT2D eigenvalue weighted by atomic mass is 19.1. The van der Waals surface area contributed by atoms with Crippen LogP contribution in [-0.4, -0.2) is 9.97 Å². The van der Waals surface area contributed by atoms with Crippen molar-refractivity contribution in [2.75, 3.05) is 11.1 Å². The Kier molecular flexibility index (Phi) is 2.95. The quantitative estimate of drug-likeness (QED) is 0.699. The summed E-state index contributed by atoms with van der Waals surface area (Å²) < 4.78 is 13.8. The van der Waals surface area contributed by atoms with E-state index in [4.69, 9.17) is 5.73 Å². The molecule has 0 aliphatic heterocycles. The SMILES string of the molecule is Cc1ccc(F)c(Nc2ncnc3ccc(N)cc23)c1. The van der Waals surface area contributed by atoms with Crippen LogP contribution in [0.25, 0.3) is 10.9 Å². The van der Waals surface area contributed by atoms with Gasteiger partial charge in [-0.1, -0.05) is 6.07 Å². The van der Waals surface area contributed by atoms with Gasteiger partial charge in [-0.3, -0.25) is 0 Å². The van der Waals surface area contributed by atoms with Gasteiger partial charge in [0, 0.05) is 11.1 Å². The third kappa shape index (κ3) is 2.25. The van der Waals surface area contributed by atoms with E-state index in [9.17, 15) is 4.39 Å². The zero-order valence-electron chi connectivity index (χ0n) is 10.9. The van der Waals surface area contributed by atoms with Crippen molar-refractivity contribution in [1.29, 1.82) is 0 Å². The van der Waals surface area contributed by atoms with E-state index in [0.29, 0.717) is 17.2 Å². The van der Waals surface area contributed by atoms with Gasteiger partial charge in [-0.15, -0.1) is 0 Å². The molecule has 0 atom stereocenters. The molecule has 4 nitrogen and oxygen atoms in total. The molecule has 100 valence electrons. The van der Waals surface area contributed by atoms with Gasteiger partial charge < -0.3 is 11.1 Å². The van der Waals surface area contributed by atoms with E-state index in [0.717, 1.165) is 16.5 Å². The second-order valence-electron chi connectivity index (χ2n) is 4.61. The van der Waals surface area contributed by atoms with E-state index in [-0.39, 0.29) is 5.82 Å². The molecule has 5 heteroatoms. The summed E-state index contributed by atoms with van der Waals surface area (Å²) >= 11 is 0. The summed E-state index contributed by atoms with van der Waals surface area (Å²) in [5.74, 6) is 0.207. The molecule has 20 heavy (non-hydrogen) atoms. The molecule has 0 unspecified atom stereocenters. The van der Waals surface area contributed by atoms with E-state index in [1.807, 2.05) is 13.0 Å². The zero-order valence-corrected chi connectivity index (χ0v) is 10.9. The molecule has 0 radical (unpaired) electrons. The third-order valence-corrected chi connectivity index (χ3v) is 3.03. The molecule has 3 aromatic rings. The maximum Gasteiger partial charge on any atom is 0.146 e. The molecule has 0 bridgehead atoms. The first kappa shape index (κ1) is 12.3. The van der Waals surface area contributed by atoms with Gasteiger partial charge in [0.2, 0.25) is 0 Å². The number of nitrogens with two attached hydrogens (primary N) is 1. The molecule has 0 aliphatic rings. The lowest BCUT2D eigenvalue weighted by molar-refractivity contribution is 0.631. The zero-order chi connectivity index (χ0) is 14.1. The van der Waals surface area contributed by atoms with Crippen LogP contribution in [0.4, 0.5) is 21.6 Å². The van der Waals surface area contributed by atoms with Gasteiger partial charge in [-0.2, -0.15) is 0 Å². The van der Waals surface area contributed by atoms with E-state index >= 15 is 0 Å². The minimum Gasteiger partial charge on any atom is -0.399 e. The molecule has 0 saturated carbocycles. The lowest BCUT2D eigenvalue weighted by Gasteiger charge is -2.10. The van der Waals surface area contributed by atoms with Crippen LogP contribution in [0.5, 0.6) is 0 Å². The fraction of sp³-hybridized carbons (Fsp3) is 0.0667. The minimum atomic E-state index is -0.328. The average Bonchev–Trinajstić information content (AvgIpc) is 2.43. The molecule has 0 amide bonds. The Labute approximate surface area is 115 Å². The van der Waals surface area contributed by atoms with Crippen molar-refractivity contribution in [3.63, 3.8) is 0 Å². The first-order valence-electron chi connectivity index (χ1n) is 6.17. The van der Waals surface area contributed by atoms with E-state index in [2.05, 4.69) is 15.3 Å². The van der Waals surface area contributed by atoms with Crippen molar-refractivity contribution in [3.05, 3.63) is 54.1 Å². The third-order valence-electron chi connectivity index (χ3n) is 3.03. The smallest absolute Gasteiger partial charge is 0.146 e. The highest BCUT2D eigenvalue weighted by Crippen LogP contribution is 2.26. The van der Waals surface area contributed by atoms with Crippen molar-refractivity contribution in [3.8, 4) is 0 Å². The standard InChI is InChI=1S/C15H13FN4/c1-9-2-4-12(16)14(6-9)20-15-11-7-10(17)3-5-13(11)18-8-19-15/h2-8H,17H2,1H3,(H,18,19,20). The van der Waals surface area contributed by atoms with Gasteiger partial charge in [0.1, 0.15) is 18.0 Å². The molecule has 1 aromatic heterocycles. The number of nitrogens with one attached hydrogen (secondary N) is 1. The van der Waals surface area contributed by atoms with Crippen LogP contribution in [0.2, 0.25) is 0 Å². The number of halogens is 1. The van der Waals surface area contributed by atoms with Crippen LogP contribution in [0.3, 0.4) is 0 Å². The van der Waals surface area contributed by atoms with Gasteiger partial charge in [0.05, 0.1) is 11.2 Å². The van der Waals surface area contributed by atoms with Crippen LogP contribution in [0.15, 0.2) is 42.7 Å². The highest BCUT2D eigenvalue weighted by Gasteiger charge is 2.07. The number of anilines is 3. The van der Waals surface area contributed by atoms with Crippen LogP contribution in [-0.2, 0) is 0 Å². The van der Waals surface area contributed by atoms with Crippen LogP contribution in [0, 0.1) is 12.7 Å². The van der Waals surface area contributed by atoms with Gasteiger partial charge in [-0.05, 0) is 42.8 Å².